The molecular weight excluding hydrogens is 366 g/mol. The number of alkyl carbamates (subject to hydrolysis) is 1. The van der Waals surface area contributed by atoms with Gasteiger partial charge < -0.3 is 29.7 Å². The lowest BCUT2D eigenvalue weighted by atomic mass is 10.2. The summed E-state index contributed by atoms with van der Waals surface area (Å²) >= 11 is 0. The normalized spacial score (nSPS) is 18.6. The largest absolute Gasteiger partial charge is 0.464 e. The zero-order chi connectivity index (χ0) is 21.0. The maximum absolute atomic E-state index is 11.8. The van der Waals surface area contributed by atoms with Crippen LogP contribution in [0.2, 0.25) is 0 Å². The molecule has 0 unspecified atom stereocenters. The van der Waals surface area contributed by atoms with E-state index in [1.54, 1.807) is 6.92 Å². The van der Waals surface area contributed by atoms with E-state index in [4.69, 9.17) is 24.4 Å². The van der Waals surface area contributed by atoms with Crippen LogP contribution in [0.1, 0.15) is 45.6 Å². The van der Waals surface area contributed by atoms with Gasteiger partial charge in [-0.05, 0) is 45.6 Å². The molecule has 1 aromatic carbocycles. The van der Waals surface area contributed by atoms with Crippen LogP contribution in [0.25, 0.3) is 0 Å². The van der Waals surface area contributed by atoms with Gasteiger partial charge in [0.15, 0.2) is 5.79 Å². The molecule has 8 heteroatoms. The molecule has 1 fully saturated rings. The fraction of sp³-hybridized carbons (Fsp3) is 0.600. The predicted molar refractivity (Wildman–Crippen MR) is 102 cm³/mol. The Bertz CT molecular complexity index is 580. The predicted octanol–water partition coefficient (Wildman–Crippen LogP) is 2.12. The summed E-state index contributed by atoms with van der Waals surface area (Å²) in [6.45, 7) is 4.92. The van der Waals surface area contributed by atoms with Crippen LogP contribution in [0.15, 0.2) is 30.3 Å². The molecule has 0 saturated heterocycles. The van der Waals surface area contributed by atoms with E-state index in [1.807, 2.05) is 30.3 Å². The maximum Gasteiger partial charge on any atom is 0.407 e. The standard InChI is InChI=1S/C17H23NO5.C3H8O2/c1-2-21-16(19)12-22-15-9-8-14(10-15)18-17(20)23-11-13-6-4-3-5-7-13;1-3(2,4)5/h3-7,14-15H,2,8-12H2,1H3,(H,18,20);4-5H,1-2H3/t14-,15+;/m0./s1. The molecule has 2 rings (SSSR count). The van der Waals surface area contributed by atoms with Gasteiger partial charge in [-0.15, -0.1) is 0 Å². The third-order valence-electron chi connectivity index (χ3n) is 3.66. The average Bonchev–Trinajstić information content (AvgIpc) is 3.05. The smallest absolute Gasteiger partial charge is 0.407 e. The molecule has 0 aliphatic heterocycles. The Labute approximate surface area is 165 Å². The molecule has 0 radical (unpaired) electrons. The molecule has 8 nitrogen and oxygen atoms in total. The van der Waals surface area contributed by atoms with Crippen LogP contribution in [-0.4, -0.2) is 53.4 Å². The number of hydrogen-bond acceptors (Lipinski definition) is 7. The van der Waals surface area contributed by atoms with Gasteiger partial charge in [-0.25, -0.2) is 9.59 Å². The van der Waals surface area contributed by atoms with E-state index in [1.165, 1.54) is 13.8 Å². The van der Waals surface area contributed by atoms with Crippen molar-refractivity contribution in [3.05, 3.63) is 35.9 Å². The van der Waals surface area contributed by atoms with Gasteiger partial charge >= 0.3 is 12.1 Å². The van der Waals surface area contributed by atoms with Gasteiger partial charge in [-0.2, -0.15) is 0 Å². The molecule has 1 aromatic rings. The highest BCUT2D eigenvalue weighted by atomic mass is 16.6. The second-order valence-electron chi connectivity index (χ2n) is 6.95. The molecule has 1 saturated carbocycles. The zero-order valence-corrected chi connectivity index (χ0v) is 16.7. The molecule has 2 atom stereocenters. The lowest BCUT2D eigenvalue weighted by Crippen LogP contribution is -2.34. The Morgan fingerprint density at radius 3 is 2.39 bits per heavy atom. The van der Waals surface area contributed by atoms with Crippen LogP contribution >= 0.6 is 0 Å². The van der Waals surface area contributed by atoms with Crippen LogP contribution in [0, 0.1) is 0 Å². The Morgan fingerprint density at radius 1 is 1.14 bits per heavy atom. The van der Waals surface area contributed by atoms with Crippen molar-refractivity contribution in [2.45, 2.75) is 64.6 Å². The second-order valence-corrected chi connectivity index (χ2v) is 6.95. The molecule has 1 amide bonds. The highest BCUT2D eigenvalue weighted by molar-refractivity contribution is 5.70. The molecule has 28 heavy (non-hydrogen) atoms. The summed E-state index contributed by atoms with van der Waals surface area (Å²) in [4.78, 5) is 23.0. The highest BCUT2D eigenvalue weighted by Gasteiger charge is 2.27. The van der Waals surface area contributed by atoms with Crippen molar-refractivity contribution in [2.24, 2.45) is 0 Å². The van der Waals surface area contributed by atoms with Crippen LogP contribution in [0.3, 0.4) is 0 Å². The molecule has 0 heterocycles. The summed E-state index contributed by atoms with van der Waals surface area (Å²) in [7, 11) is 0. The number of ether oxygens (including phenoxy) is 3. The third kappa shape index (κ3) is 12.3. The number of carbonyl (C=O) groups is 2. The topological polar surface area (TPSA) is 114 Å². The van der Waals surface area contributed by atoms with Crippen molar-refractivity contribution in [1.82, 2.24) is 5.32 Å². The number of aliphatic hydroxyl groups is 2. The lowest BCUT2D eigenvalue weighted by molar-refractivity contribution is -0.150. The van der Waals surface area contributed by atoms with E-state index in [9.17, 15) is 9.59 Å². The fourth-order valence-electron chi connectivity index (χ4n) is 2.54. The van der Waals surface area contributed by atoms with E-state index in [0.29, 0.717) is 13.0 Å². The van der Waals surface area contributed by atoms with Crippen molar-refractivity contribution in [3.8, 4) is 0 Å². The monoisotopic (exact) mass is 397 g/mol. The first kappa shape index (κ1) is 23.9. The summed E-state index contributed by atoms with van der Waals surface area (Å²) in [5, 5.41) is 19.0. The quantitative estimate of drug-likeness (QED) is 0.477. The highest BCUT2D eigenvalue weighted by Crippen LogP contribution is 2.22. The molecule has 0 spiro atoms. The first-order valence-electron chi connectivity index (χ1n) is 9.36. The average molecular weight is 397 g/mol. The number of amides is 1. The Morgan fingerprint density at radius 2 is 1.79 bits per heavy atom. The minimum atomic E-state index is -1.50. The maximum atomic E-state index is 11.8. The van der Waals surface area contributed by atoms with E-state index in [0.717, 1.165) is 18.4 Å². The molecule has 0 bridgehead atoms. The summed E-state index contributed by atoms with van der Waals surface area (Å²) in [6.07, 6.45) is 1.85. The van der Waals surface area contributed by atoms with Crippen LogP contribution in [0.5, 0.6) is 0 Å². The number of benzene rings is 1. The van der Waals surface area contributed by atoms with Gasteiger partial charge in [0.2, 0.25) is 0 Å². The number of carbonyl (C=O) groups excluding carboxylic acids is 2. The Kier molecular flexibility index (Phi) is 10.5. The van der Waals surface area contributed by atoms with Gasteiger partial charge in [0.1, 0.15) is 13.2 Å². The minimum Gasteiger partial charge on any atom is -0.464 e. The SMILES string of the molecule is CC(C)(O)O.CCOC(=O)CO[C@@H]1CC[C@H](NC(=O)OCc2ccccc2)C1. The van der Waals surface area contributed by atoms with Crippen LogP contribution < -0.4 is 5.32 Å². The molecule has 1 aliphatic carbocycles. The first-order valence-corrected chi connectivity index (χ1v) is 9.36. The van der Waals surface area contributed by atoms with Crippen molar-refractivity contribution < 1.29 is 34.0 Å². The van der Waals surface area contributed by atoms with Crippen LogP contribution in [-0.2, 0) is 25.6 Å². The molecule has 0 aromatic heterocycles. The summed E-state index contributed by atoms with van der Waals surface area (Å²) < 4.78 is 15.5. The van der Waals surface area contributed by atoms with Gasteiger partial charge in [-0.1, -0.05) is 30.3 Å². The summed E-state index contributed by atoms with van der Waals surface area (Å²) in [5.41, 5.74) is 0.949. The van der Waals surface area contributed by atoms with Crippen molar-refractivity contribution in [1.29, 1.82) is 0 Å². The van der Waals surface area contributed by atoms with Crippen molar-refractivity contribution >= 4 is 12.1 Å². The Hall–Kier alpha value is -2.16. The van der Waals surface area contributed by atoms with Crippen molar-refractivity contribution in [2.75, 3.05) is 13.2 Å². The molecule has 3 N–H and O–H groups in total. The molecule has 1 aliphatic rings. The van der Waals surface area contributed by atoms with E-state index in [2.05, 4.69) is 5.32 Å². The van der Waals surface area contributed by atoms with Gasteiger partial charge in [0.25, 0.3) is 0 Å². The second kappa shape index (κ2) is 12.3. The zero-order valence-electron chi connectivity index (χ0n) is 16.7. The third-order valence-corrected chi connectivity index (χ3v) is 3.66. The number of rotatable bonds is 7. The number of hydrogen-bond donors (Lipinski definition) is 3. The fourth-order valence-corrected chi connectivity index (χ4v) is 2.54. The number of esters is 1. The first-order chi connectivity index (χ1) is 13.2. The van der Waals surface area contributed by atoms with Crippen LogP contribution in [0.4, 0.5) is 4.79 Å². The van der Waals surface area contributed by atoms with Gasteiger partial charge in [0.05, 0.1) is 12.7 Å². The van der Waals surface area contributed by atoms with E-state index in [-0.39, 0.29) is 31.3 Å². The lowest BCUT2D eigenvalue weighted by Gasteiger charge is -2.14. The van der Waals surface area contributed by atoms with Crippen molar-refractivity contribution in [3.63, 3.8) is 0 Å². The van der Waals surface area contributed by atoms with Gasteiger partial charge in [0, 0.05) is 6.04 Å². The van der Waals surface area contributed by atoms with E-state index >= 15 is 0 Å². The summed E-state index contributed by atoms with van der Waals surface area (Å²) in [5.74, 6) is -1.86. The minimum absolute atomic E-state index is 0.0190. The molecular formula is C20H31NO7. The summed E-state index contributed by atoms with van der Waals surface area (Å²) in [6, 6.07) is 9.55. The van der Waals surface area contributed by atoms with Gasteiger partial charge in [-0.3, -0.25) is 0 Å². The Balaban J connectivity index is 0.000000696. The molecule has 158 valence electrons. The van der Waals surface area contributed by atoms with E-state index < -0.39 is 11.9 Å². The number of nitrogens with one attached hydrogen (secondary N) is 1.